The van der Waals surface area contributed by atoms with Crippen LogP contribution >= 0.6 is 0 Å². The van der Waals surface area contributed by atoms with Crippen LogP contribution in [-0.4, -0.2) is 44.8 Å². The van der Waals surface area contributed by atoms with E-state index in [1.807, 2.05) is 24.5 Å². The third-order valence-electron chi connectivity index (χ3n) is 3.07. The first-order chi connectivity index (χ1) is 11.4. The Morgan fingerprint density at radius 1 is 1.33 bits per heavy atom. The van der Waals surface area contributed by atoms with Gasteiger partial charge in [-0.05, 0) is 31.5 Å². The number of furan rings is 1. The summed E-state index contributed by atoms with van der Waals surface area (Å²) < 4.78 is 7.62. The largest absolute Gasteiger partial charge is 0.481 e. The Morgan fingerprint density at radius 2 is 2.00 bits per heavy atom. The molecule has 8 nitrogen and oxygen atoms in total. The number of hydrogen-bond acceptors (Lipinski definition) is 5. The van der Waals surface area contributed by atoms with Crippen LogP contribution in [0.2, 0.25) is 0 Å². The second-order valence-corrected chi connectivity index (χ2v) is 5.17. The highest BCUT2D eigenvalue weighted by molar-refractivity contribution is 5.63. The molecule has 0 amide bonds. The molecular formula is C16H23N3O5. The zero-order valence-electron chi connectivity index (χ0n) is 13.8. The topological polar surface area (TPSA) is 118 Å². The first-order valence-corrected chi connectivity index (χ1v) is 7.58. The molecule has 3 N–H and O–H groups in total. The van der Waals surface area contributed by atoms with Crippen LogP contribution in [0.25, 0.3) is 11.6 Å². The van der Waals surface area contributed by atoms with Crippen LogP contribution in [0, 0.1) is 0 Å². The highest BCUT2D eigenvalue weighted by Gasteiger charge is 2.19. The summed E-state index contributed by atoms with van der Waals surface area (Å²) in [5.74, 6) is 0.106. The number of nitrogens with one attached hydrogen (secondary N) is 1. The van der Waals surface area contributed by atoms with Crippen molar-refractivity contribution in [2.75, 3.05) is 13.1 Å². The summed E-state index contributed by atoms with van der Waals surface area (Å²) in [6, 6.07) is 4.35. The fourth-order valence-electron chi connectivity index (χ4n) is 2.28. The Labute approximate surface area is 140 Å². The van der Waals surface area contributed by atoms with E-state index >= 15 is 0 Å². The minimum absolute atomic E-state index is 0.497. The van der Waals surface area contributed by atoms with Crippen molar-refractivity contribution in [1.29, 1.82) is 0 Å². The van der Waals surface area contributed by atoms with Gasteiger partial charge in [0.05, 0.1) is 6.26 Å². The molecule has 1 aliphatic heterocycles. The van der Waals surface area contributed by atoms with Gasteiger partial charge in [0.1, 0.15) is 0 Å². The average molecular weight is 337 g/mol. The molecule has 2 aromatic rings. The third kappa shape index (κ3) is 7.10. The molecule has 0 aromatic carbocycles. The SMILES string of the molecule is CC(=O)O.CC(=O)O.c1coc(-c2nccn2[C@@H]2CCCNC2)c1. The Hall–Kier alpha value is -2.61. The number of rotatable bonds is 2. The van der Waals surface area contributed by atoms with E-state index in [4.69, 9.17) is 24.2 Å². The summed E-state index contributed by atoms with van der Waals surface area (Å²) in [7, 11) is 0. The van der Waals surface area contributed by atoms with E-state index in [-0.39, 0.29) is 0 Å². The van der Waals surface area contributed by atoms with E-state index in [0.29, 0.717) is 6.04 Å². The number of imidazole rings is 1. The van der Waals surface area contributed by atoms with Gasteiger partial charge in [0.25, 0.3) is 11.9 Å². The number of carbonyl (C=O) groups is 2. The highest BCUT2D eigenvalue weighted by Crippen LogP contribution is 2.24. The van der Waals surface area contributed by atoms with Crippen LogP contribution in [0.5, 0.6) is 0 Å². The molecule has 0 spiro atoms. The fraction of sp³-hybridized carbons (Fsp3) is 0.438. The lowest BCUT2D eigenvalue weighted by molar-refractivity contribution is -0.135. The summed E-state index contributed by atoms with van der Waals surface area (Å²) in [6.07, 6.45) is 7.99. The summed E-state index contributed by atoms with van der Waals surface area (Å²) in [5.41, 5.74) is 0. The second kappa shape index (κ2) is 10.2. The van der Waals surface area contributed by atoms with Gasteiger partial charge in [-0.15, -0.1) is 0 Å². The van der Waals surface area contributed by atoms with Gasteiger partial charge in [-0.25, -0.2) is 4.98 Å². The first-order valence-electron chi connectivity index (χ1n) is 7.58. The summed E-state index contributed by atoms with van der Waals surface area (Å²) in [5, 5.41) is 18.2. The molecule has 0 aliphatic carbocycles. The van der Waals surface area contributed by atoms with Gasteiger partial charge in [-0.1, -0.05) is 0 Å². The van der Waals surface area contributed by atoms with Crippen LogP contribution in [-0.2, 0) is 9.59 Å². The van der Waals surface area contributed by atoms with Crippen LogP contribution in [0.4, 0.5) is 0 Å². The summed E-state index contributed by atoms with van der Waals surface area (Å²) in [6.45, 7) is 4.31. The van der Waals surface area contributed by atoms with Crippen molar-refractivity contribution in [3.8, 4) is 11.6 Å². The maximum absolute atomic E-state index is 9.00. The summed E-state index contributed by atoms with van der Waals surface area (Å²) in [4.78, 5) is 22.4. The van der Waals surface area contributed by atoms with Crippen molar-refractivity contribution >= 4 is 11.9 Å². The van der Waals surface area contributed by atoms with Crippen molar-refractivity contribution in [2.24, 2.45) is 0 Å². The van der Waals surface area contributed by atoms with Crippen LogP contribution in [0.15, 0.2) is 35.2 Å². The molecule has 1 atom stereocenters. The van der Waals surface area contributed by atoms with E-state index in [2.05, 4.69) is 14.9 Å². The van der Waals surface area contributed by atoms with Crippen molar-refractivity contribution in [3.05, 3.63) is 30.8 Å². The standard InChI is InChI=1S/C12H15N3O.2C2H4O2/c1-3-10(9-13-5-1)15-7-6-14-12(15)11-4-2-8-16-11;2*1-2(3)4/h2,4,6-8,10,13H,1,3,5,9H2;2*1H3,(H,3,4)/t10-;;/m1../s1. The minimum Gasteiger partial charge on any atom is -0.481 e. The predicted molar refractivity (Wildman–Crippen MR) is 87.7 cm³/mol. The number of aromatic nitrogens is 2. The number of carboxylic acids is 2. The zero-order chi connectivity index (χ0) is 17.9. The molecule has 1 fully saturated rings. The zero-order valence-corrected chi connectivity index (χ0v) is 13.8. The van der Waals surface area contributed by atoms with Crippen molar-refractivity contribution in [2.45, 2.75) is 32.7 Å². The Morgan fingerprint density at radius 3 is 2.50 bits per heavy atom. The molecule has 0 radical (unpaired) electrons. The molecule has 3 heterocycles. The molecule has 0 bridgehead atoms. The number of carboxylic acid groups (broad SMARTS) is 2. The van der Waals surface area contributed by atoms with Crippen LogP contribution < -0.4 is 5.32 Å². The fourth-order valence-corrected chi connectivity index (χ4v) is 2.28. The average Bonchev–Trinajstić information content (AvgIpc) is 3.18. The molecule has 1 saturated heterocycles. The maximum Gasteiger partial charge on any atom is 0.300 e. The molecule has 3 rings (SSSR count). The monoisotopic (exact) mass is 337 g/mol. The number of nitrogens with zero attached hydrogens (tertiary/aromatic N) is 2. The van der Waals surface area contributed by atoms with E-state index in [1.165, 1.54) is 12.8 Å². The number of aliphatic carboxylic acids is 2. The molecule has 2 aromatic heterocycles. The summed E-state index contributed by atoms with van der Waals surface area (Å²) >= 11 is 0. The van der Waals surface area contributed by atoms with Gasteiger partial charge >= 0.3 is 0 Å². The van der Waals surface area contributed by atoms with E-state index in [0.717, 1.165) is 38.5 Å². The quantitative estimate of drug-likeness (QED) is 0.769. The Balaban J connectivity index is 0.000000306. The maximum atomic E-state index is 9.00. The predicted octanol–water partition coefficient (Wildman–Crippen LogP) is 2.25. The highest BCUT2D eigenvalue weighted by atomic mass is 16.4. The minimum atomic E-state index is -0.833. The van der Waals surface area contributed by atoms with Gasteiger partial charge in [-0.2, -0.15) is 0 Å². The lowest BCUT2D eigenvalue weighted by Gasteiger charge is -2.25. The van der Waals surface area contributed by atoms with E-state index in [1.54, 1.807) is 6.26 Å². The van der Waals surface area contributed by atoms with Gasteiger partial charge in [0.15, 0.2) is 11.6 Å². The van der Waals surface area contributed by atoms with Crippen molar-refractivity contribution in [1.82, 2.24) is 14.9 Å². The number of piperidine rings is 1. The normalized spacial score (nSPS) is 16.2. The van der Waals surface area contributed by atoms with Gasteiger partial charge in [-0.3, -0.25) is 9.59 Å². The molecular weight excluding hydrogens is 314 g/mol. The number of hydrogen-bond donors (Lipinski definition) is 3. The lowest BCUT2D eigenvalue weighted by atomic mass is 10.1. The van der Waals surface area contributed by atoms with E-state index < -0.39 is 11.9 Å². The molecule has 132 valence electrons. The first kappa shape index (κ1) is 19.4. The second-order valence-electron chi connectivity index (χ2n) is 5.17. The van der Waals surface area contributed by atoms with Gasteiger partial charge < -0.3 is 24.5 Å². The van der Waals surface area contributed by atoms with Crippen LogP contribution in [0.1, 0.15) is 32.7 Å². The van der Waals surface area contributed by atoms with Gasteiger partial charge in [0, 0.05) is 38.8 Å². The Kier molecular flexibility index (Phi) is 8.28. The Bertz CT molecular complexity index is 595. The molecule has 1 aliphatic rings. The molecule has 0 saturated carbocycles. The van der Waals surface area contributed by atoms with Gasteiger partial charge in [0.2, 0.25) is 0 Å². The lowest BCUT2D eigenvalue weighted by Crippen LogP contribution is -2.31. The third-order valence-corrected chi connectivity index (χ3v) is 3.07. The van der Waals surface area contributed by atoms with Crippen molar-refractivity contribution in [3.63, 3.8) is 0 Å². The molecule has 0 unspecified atom stereocenters. The molecule has 8 heteroatoms. The van der Waals surface area contributed by atoms with Crippen molar-refractivity contribution < 1.29 is 24.2 Å². The van der Waals surface area contributed by atoms with E-state index in [9.17, 15) is 0 Å². The smallest absolute Gasteiger partial charge is 0.300 e. The van der Waals surface area contributed by atoms with Crippen LogP contribution in [0.3, 0.4) is 0 Å². The molecule has 24 heavy (non-hydrogen) atoms.